The van der Waals surface area contributed by atoms with Crippen LogP contribution in [0.4, 0.5) is 0 Å². The van der Waals surface area contributed by atoms with Crippen molar-refractivity contribution >= 4 is 5.97 Å². The molecule has 4 nitrogen and oxygen atoms in total. The van der Waals surface area contributed by atoms with Gasteiger partial charge in [-0.25, -0.2) is 0 Å². The largest absolute Gasteiger partial charge is 0.459 e. The molecular formula is C19H28N2O2. The van der Waals surface area contributed by atoms with Crippen molar-refractivity contribution in [2.75, 3.05) is 13.1 Å². The van der Waals surface area contributed by atoms with Crippen molar-refractivity contribution in [3.8, 4) is 0 Å². The minimum Gasteiger partial charge on any atom is -0.459 e. The lowest BCUT2D eigenvalue weighted by Gasteiger charge is -2.33. The third-order valence-electron chi connectivity index (χ3n) is 4.70. The lowest BCUT2D eigenvalue weighted by molar-refractivity contribution is -0.158. The highest BCUT2D eigenvalue weighted by Gasteiger charge is 2.40. The summed E-state index contributed by atoms with van der Waals surface area (Å²) in [6.07, 6.45) is 1.99. The Bertz CT molecular complexity index is 538. The number of ether oxygens (including phenoxy) is 1. The smallest absolute Gasteiger partial charge is 0.323 e. The van der Waals surface area contributed by atoms with E-state index < -0.39 is 5.60 Å². The average molecular weight is 316 g/mol. The lowest BCUT2D eigenvalue weighted by atomic mass is 9.90. The summed E-state index contributed by atoms with van der Waals surface area (Å²) in [6, 6.07) is 10.9. The monoisotopic (exact) mass is 316 g/mol. The Balaban J connectivity index is 1.54. The van der Waals surface area contributed by atoms with Crippen molar-refractivity contribution in [2.24, 2.45) is 5.92 Å². The Kier molecular flexibility index (Phi) is 4.74. The van der Waals surface area contributed by atoms with Crippen molar-refractivity contribution in [3.63, 3.8) is 0 Å². The normalized spacial score (nSPS) is 28.4. The van der Waals surface area contributed by atoms with Gasteiger partial charge in [0.25, 0.3) is 0 Å². The first-order valence-corrected chi connectivity index (χ1v) is 8.66. The third-order valence-corrected chi connectivity index (χ3v) is 4.70. The molecule has 2 aliphatic rings. The summed E-state index contributed by atoms with van der Waals surface area (Å²) in [5.41, 5.74) is 0.944. The molecule has 2 fully saturated rings. The van der Waals surface area contributed by atoms with Crippen LogP contribution in [0.5, 0.6) is 0 Å². The maximum absolute atomic E-state index is 12.3. The third kappa shape index (κ3) is 4.33. The van der Waals surface area contributed by atoms with E-state index in [2.05, 4.69) is 40.5 Å². The molecule has 0 saturated carbocycles. The zero-order chi connectivity index (χ0) is 16.4. The van der Waals surface area contributed by atoms with Crippen molar-refractivity contribution in [1.29, 1.82) is 0 Å². The lowest BCUT2D eigenvalue weighted by Crippen LogP contribution is -2.52. The quantitative estimate of drug-likeness (QED) is 0.870. The van der Waals surface area contributed by atoms with Gasteiger partial charge < -0.3 is 4.74 Å². The van der Waals surface area contributed by atoms with Crippen LogP contribution in [0.25, 0.3) is 0 Å². The van der Waals surface area contributed by atoms with Gasteiger partial charge in [-0.2, -0.15) is 0 Å². The van der Waals surface area contributed by atoms with Crippen LogP contribution >= 0.6 is 0 Å². The van der Waals surface area contributed by atoms with Gasteiger partial charge in [0, 0.05) is 25.7 Å². The molecule has 0 amide bonds. The first-order chi connectivity index (χ1) is 10.9. The van der Waals surface area contributed by atoms with E-state index in [1.807, 2.05) is 20.8 Å². The number of nitrogens with one attached hydrogen (secondary N) is 1. The standard InChI is InChI=1S/C19H28N2O2/c1-19(2,3)23-18(22)16-10-9-15-12-21(13-17(15)20-16)11-14-7-5-4-6-8-14/h4-8,15-17,20H,9-13H2,1-3H3/t15-,16-,17?/m0/s1. The number of likely N-dealkylation sites (tertiary alicyclic amines) is 1. The molecule has 2 saturated heterocycles. The number of benzene rings is 1. The van der Waals surface area contributed by atoms with Crippen molar-refractivity contribution in [3.05, 3.63) is 35.9 Å². The predicted octanol–water partition coefficient (Wildman–Crippen LogP) is 2.58. The van der Waals surface area contributed by atoms with E-state index >= 15 is 0 Å². The molecule has 0 aromatic heterocycles. The SMILES string of the molecule is CC(C)(C)OC(=O)[C@@H]1CC[C@H]2CN(Cc3ccccc3)CC2N1. The molecule has 2 aliphatic heterocycles. The molecule has 4 heteroatoms. The molecule has 126 valence electrons. The van der Waals surface area contributed by atoms with Crippen LogP contribution in [0.1, 0.15) is 39.2 Å². The number of carbonyl (C=O) groups excluding carboxylic acids is 1. The molecule has 3 rings (SSSR count). The Hall–Kier alpha value is -1.39. The van der Waals surface area contributed by atoms with E-state index in [0.29, 0.717) is 12.0 Å². The molecule has 0 radical (unpaired) electrons. The van der Waals surface area contributed by atoms with Crippen LogP contribution in [0, 0.1) is 5.92 Å². The van der Waals surface area contributed by atoms with Gasteiger partial charge in [0.15, 0.2) is 0 Å². The van der Waals surface area contributed by atoms with Crippen LogP contribution < -0.4 is 5.32 Å². The summed E-state index contributed by atoms with van der Waals surface area (Å²) in [5, 5.41) is 3.54. The van der Waals surface area contributed by atoms with E-state index in [4.69, 9.17) is 4.74 Å². The van der Waals surface area contributed by atoms with Gasteiger partial charge in [-0.3, -0.25) is 15.0 Å². The topological polar surface area (TPSA) is 41.6 Å². The second kappa shape index (κ2) is 6.62. The Morgan fingerprint density at radius 3 is 2.65 bits per heavy atom. The fourth-order valence-corrected chi connectivity index (χ4v) is 3.69. The molecule has 1 unspecified atom stereocenters. The second-order valence-electron chi connectivity index (χ2n) is 7.88. The van der Waals surface area contributed by atoms with Crippen LogP contribution in [0.15, 0.2) is 30.3 Å². The summed E-state index contributed by atoms with van der Waals surface area (Å²) in [7, 11) is 0. The Morgan fingerprint density at radius 2 is 1.96 bits per heavy atom. The average Bonchev–Trinajstić information content (AvgIpc) is 2.87. The summed E-state index contributed by atoms with van der Waals surface area (Å²) in [6.45, 7) is 8.90. The van der Waals surface area contributed by atoms with Crippen LogP contribution in [0.2, 0.25) is 0 Å². The summed E-state index contributed by atoms with van der Waals surface area (Å²) >= 11 is 0. The number of hydrogen-bond acceptors (Lipinski definition) is 4. The van der Waals surface area contributed by atoms with Gasteiger partial charge in [0.05, 0.1) is 0 Å². The Labute approximate surface area is 139 Å². The minimum atomic E-state index is -0.412. The van der Waals surface area contributed by atoms with E-state index in [-0.39, 0.29) is 12.0 Å². The molecular weight excluding hydrogens is 288 g/mol. The number of hydrogen-bond donors (Lipinski definition) is 1. The van der Waals surface area contributed by atoms with E-state index in [9.17, 15) is 4.79 Å². The first kappa shape index (κ1) is 16.5. The maximum atomic E-state index is 12.3. The fraction of sp³-hybridized carbons (Fsp3) is 0.632. The van der Waals surface area contributed by atoms with Crippen LogP contribution in [0.3, 0.4) is 0 Å². The number of nitrogens with zero attached hydrogens (tertiary/aromatic N) is 1. The van der Waals surface area contributed by atoms with Crippen molar-refractivity contribution in [1.82, 2.24) is 10.2 Å². The van der Waals surface area contributed by atoms with Gasteiger partial charge in [0.2, 0.25) is 0 Å². The molecule has 1 aromatic carbocycles. The number of fused-ring (bicyclic) bond motifs is 1. The molecule has 0 bridgehead atoms. The molecule has 0 spiro atoms. The molecule has 0 aliphatic carbocycles. The minimum absolute atomic E-state index is 0.0996. The zero-order valence-corrected chi connectivity index (χ0v) is 14.4. The highest BCUT2D eigenvalue weighted by atomic mass is 16.6. The second-order valence-corrected chi connectivity index (χ2v) is 7.88. The number of esters is 1. The molecule has 1 N–H and O–H groups in total. The van der Waals surface area contributed by atoms with E-state index in [0.717, 1.165) is 32.5 Å². The van der Waals surface area contributed by atoms with Crippen molar-refractivity contribution in [2.45, 2.75) is 57.8 Å². The number of rotatable bonds is 3. The first-order valence-electron chi connectivity index (χ1n) is 8.66. The number of carbonyl (C=O) groups is 1. The number of piperidine rings is 1. The van der Waals surface area contributed by atoms with Crippen molar-refractivity contribution < 1.29 is 9.53 Å². The molecule has 1 aromatic rings. The highest BCUT2D eigenvalue weighted by Crippen LogP contribution is 2.29. The van der Waals surface area contributed by atoms with E-state index in [1.165, 1.54) is 5.56 Å². The summed E-state index contributed by atoms with van der Waals surface area (Å²) < 4.78 is 5.53. The van der Waals surface area contributed by atoms with Gasteiger partial charge in [-0.05, 0) is 45.1 Å². The van der Waals surface area contributed by atoms with Gasteiger partial charge in [-0.1, -0.05) is 30.3 Å². The molecule has 2 heterocycles. The summed E-state index contributed by atoms with van der Waals surface area (Å²) in [4.78, 5) is 14.8. The highest BCUT2D eigenvalue weighted by molar-refractivity contribution is 5.76. The predicted molar refractivity (Wildman–Crippen MR) is 91.0 cm³/mol. The van der Waals surface area contributed by atoms with Crippen LogP contribution in [-0.2, 0) is 16.1 Å². The van der Waals surface area contributed by atoms with Gasteiger partial charge in [-0.15, -0.1) is 0 Å². The Morgan fingerprint density at radius 1 is 1.22 bits per heavy atom. The zero-order valence-electron chi connectivity index (χ0n) is 14.4. The van der Waals surface area contributed by atoms with Gasteiger partial charge >= 0.3 is 5.97 Å². The molecule has 23 heavy (non-hydrogen) atoms. The van der Waals surface area contributed by atoms with E-state index in [1.54, 1.807) is 0 Å². The van der Waals surface area contributed by atoms with Crippen LogP contribution in [-0.4, -0.2) is 41.6 Å². The summed E-state index contributed by atoms with van der Waals surface area (Å²) in [5.74, 6) is 0.551. The van der Waals surface area contributed by atoms with Gasteiger partial charge in [0.1, 0.15) is 11.6 Å². The molecule has 3 atom stereocenters. The fourth-order valence-electron chi connectivity index (χ4n) is 3.69. The maximum Gasteiger partial charge on any atom is 0.323 e.